The van der Waals surface area contributed by atoms with Gasteiger partial charge in [-0.1, -0.05) is 24.3 Å². The van der Waals surface area contributed by atoms with Crippen LogP contribution in [0.5, 0.6) is 11.5 Å². The van der Waals surface area contributed by atoms with Crippen LogP contribution in [0.3, 0.4) is 0 Å². The largest absolute Gasteiger partial charge is 0.493 e. The second-order valence-corrected chi connectivity index (χ2v) is 7.04. The first-order valence-corrected chi connectivity index (χ1v) is 9.76. The fourth-order valence-electron chi connectivity index (χ4n) is 2.63. The van der Waals surface area contributed by atoms with Gasteiger partial charge in [-0.25, -0.2) is 0 Å². The number of rotatable bonds is 8. The van der Waals surface area contributed by atoms with E-state index >= 15 is 0 Å². The third-order valence-corrected chi connectivity index (χ3v) is 4.88. The van der Waals surface area contributed by atoms with E-state index in [-0.39, 0.29) is 12.0 Å². The highest BCUT2D eigenvalue weighted by Gasteiger charge is 2.22. The zero-order valence-electron chi connectivity index (χ0n) is 15.4. The van der Waals surface area contributed by atoms with Crippen molar-refractivity contribution in [2.45, 2.75) is 32.3 Å². The zero-order chi connectivity index (χ0) is 19.1. The van der Waals surface area contributed by atoms with Gasteiger partial charge in [-0.2, -0.15) is 0 Å². The quantitative estimate of drug-likeness (QED) is 0.691. The molecule has 2 heterocycles. The van der Waals surface area contributed by atoms with Gasteiger partial charge < -0.3 is 14.2 Å². The van der Waals surface area contributed by atoms with Crippen LogP contribution in [-0.4, -0.2) is 36.4 Å². The number of amides is 1. The molecule has 0 unspecified atom stereocenters. The normalized spacial score (nSPS) is 16.6. The van der Waals surface area contributed by atoms with Crippen molar-refractivity contribution in [3.05, 3.63) is 34.8 Å². The molecule has 1 atom stereocenters. The summed E-state index contributed by atoms with van der Waals surface area (Å²) in [6, 6.07) is 5.54. The Kier molecular flexibility index (Phi) is 6.78. The standard InChI is InChI=1S/C19H23N3O4S/c1-3-10-25-14-8-6-13(12-16(14)24-2)7-9-17(23)20-19-22-21-18(27-19)15-5-4-11-26-15/h6-9,12,15H,3-5,10-11H2,1-2H3,(H,20,22,23)/b9-7+/t15-/m1/s1. The minimum absolute atomic E-state index is 0.00426. The molecule has 1 saturated heterocycles. The van der Waals surface area contributed by atoms with E-state index in [1.54, 1.807) is 13.2 Å². The van der Waals surface area contributed by atoms with Gasteiger partial charge >= 0.3 is 0 Å². The molecule has 1 amide bonds. The number of ether oxygens (including phenoxy) is 3. The Morgan fingerprint density at radius 2 is 2.30 bits per heavy atom. The molecule has 1 aliphatic heterocycles. The van der Waals surface area contributed by atoms with Gasteiger partial charge in [0.1, 0.15) is 11.1 Å². The number of nitrogens with one attached hydrogen (secondary N) is 1. The van der Waals surface area contributed by atoms with Crippen LogP contribution in [-0.2, 0) is 9.53 Å². The summed E-state index contributed by atoms with van der Waals surface area (Å²) >= 11 is 1.35. The number of carbonyl (C=O) groups excluding carboxylic acids is 1. The summed E-state index contributed by atoms with van der Waals surface area (Å²) in [5, 5.41) is 12.1. The third-order valence-electron chi connectivity index (χ3n) is 3.95. The van der Waals surface area contributed by atoms with E-state index in [1.165, 1.54) is 17.4 Å². The predicted octanol–water partition coefficient (Wildman–Crippen LogP) is 3.84. The van der Waals surface area contributed by atoms with Crippen molar-refractivity contribution in [1.29, 1.82) is 0 Å². The summed E-state index contributed by atoms with van der Waals surface area (Å²) in [5.74, 6) is 1.06. The number of hydrogen-bond donors (Lipinski definition) is 1. The molecule has 1 fully saturated rings. The number of methoxy groups -OCH3 is 1. The Labute approximate surface area is 162 Å². The molecule has 2 aromatic rings. The molecule has 8 heteroatoms. The Morgan fingerprint density at radius 3 is 3.04 bits per heavy atom. The lowest BCUT2D eigenvalue weighted by molar-refractivity contribution is -0.111. The van der Waals surface area contributed by atoms with Crippen LogP contribution in [0.15, 0.2) is 24.3 Å². The Bertz CT molecular complexity index is 800. The van der Waals surface area contributed by atoms with Gasteiger partial charge in [0.25, 0.3) is 0 Å². The van der Waals surface area contributed by atoms with Gasteiger partial charge in [0, 0.05) is 12.7 Å². The summed E-state index contributed by atoms with van der Waals surface area (Å²) in [6.45, 7) is 3.42. The van der Waals surface area contributed by atoms with E-state index in [0.717, 1.165) is 36.4 Å². The molecule has 0 saturated carbocycles. The van der Waals surface area contributed by atoms with Crippen LogP contribution in [0.1, 0.15) is 42.9 Å². The summed E-state index contributed by atoms with van der Waals surface area (Å²) in [7, 11) is 1.59. The lowest BCUT2D eigenvalue weighted by Crippen LogP contribution is -2.07. The van der Waals surface area contributed by atoms with E-state index in [1.807, 2.05) is 25.1 Å². The van der Waals surface area contributed by atoms with Gasteiger partial charge in [-0.3, -0.25) is 10.1 Å². The number of benzene rings is 1. The number of hydrogen-bond acceptors (Lipinski definition) is 7. The summed E-state index contributed by atoms with van der Waals surface area (Å²) in [6.07, 6.45) is 6.07. The number of carbonyl (C=O) groups is 1. The minimum Gasteiger partial charge on any atom is -0.493 e. The van der Waals surface area contributed by atoms with Gasteiger partial charge in [0.05, 0.1) is 13.7 Å². The first-order chi connectivity index (χ1) is 13.2. The molecule has 27 heavy (non-hydrogen) atoms. The van der Waals surface area contributed by atoms with Crippen molar-refractivity contribution < 1.29 is 19.0 Å². The van der Waals surface area contributed by atoms with Crippen LogP contribution in [0.4, 0.5) is 5.13 Å². The van der Waals surface area contributed by atoms with Gasteiger partial charge in [-0.05, 0) is 43.0 Å². The zero-order valence-corrected chi connectivity index (χ0v) is 16.3. The highest BCUT2D eigenvalue weighted by Crippen LogP contribution is 2.32. The average molecular weight is 389 g/mol. The molecule has 1 aliphatic rings. The van der Waals surface area contributed by atoms with Gasteiger partial charge in [0.15, 0.2) is 11.5 Å². The Morgan fingerprint density at radius 1 is 1.41 bits per heavy atom. The third kappa shape index (κ3) is 5.27. The first kappa shape index (κ1) is 19.3. The van der Waals surface area contributed by atoms with Crippen LogP contribution in [0.25, 0.3) is 6.08 Å². The molecular formula is C19H23N3O4S. The molecular weight excluding hydrogens is 366 g/mol. The highest BCUT2D eigenvalue weighted by molar-refractivity contribution is 7.15. The summed E-state index contributed by atoms with van der Waals surface area (Å²) in [5.41, 5.74) is 0.836. The Hall–Kier alpha value is -2.45. The predicted molar refractivity (Wildman–Crippen MR) is 104 cm³/mol. The molecule has 7 nitrogen and oxygen atoms in total. The lowest BCUT2D eigenvalue weighted by Gasteiger charge is -2.10. The number of aromatic nitrogens is 2. The van der Waals surface area contributed by atoms with Crippen molar-refractivity contribution in [1.82, 2.24) is 10.2 Å². The van der Waals surface area contributed by atoms with Crippen molar-refractivity contribution in [3.8, 4) is 11.5 Å². The average Bonchev–Trinajstić information content (AvgIpc) is 3.36. The highest BCUT2D eigenvalue weighted by atomic mass is 32.1. The molecule has 0 radical (unpaired) electrons. The molecule has 1 N–H and O–H groups in total. The monoisotopic (exact) mass is 389 g/mol. The Balaban J connectivity index is 1.59. The van der Waals surface area contributed by atoms with Crippen molar-refractivity contribution in [2.75, 3.05) is 25.6 Å². The second-order valence-electron chi connectivity index (χ2n) is 6.03. The van der Waals surface area contributed by atoms with Crippen molar-refractivity contribution >= 4 is 28.5 Å². The fraction of sp³-hybridized carbons (Fsp3) is 0.421. The van der Waals surface area contributed by atoms with Gasteiger partial charge in [-0.15, -0.1) is 10.2 Å². The van der Waals surface area contributed by atoms with Crippen LogP contribution in [0.2, 0.25) is 0 Å². The smallest absolute Gasteiger partial charge is 0.250 e. The molecule has 0 bridgehead atoms. The maximum Gasteiger partial charge on any atom is 0.250 e. The molecule has 0 aliphatic carbocycles. The van der Waals surface area contributed by atoms with Crippen molar-refractivity contribution in [2.24, 2.45) is 0 Å². The molecule has 1 aromatic carbocycles. The molecule has 0 spiro atoms. The SMILES string of the molecule is CCCOc1ccc(/C=C/C(=O)Nc2nnc([C@H]3CCCO3)s2)cc1OC. The maximum atomic E-state index is 12.1. The summed E-state index contributed by atoms with van der Waals surface area (Å²) in [4.78, 5) is 12.1. The van der Waals surface area contributed by atoms with Gasteiger partial charge in [0.2, 0.25) is 11.0 Å². The number of nitrogens with zero attached hydrogens (tertiary/aromatic N) is 2. The van der Waals surface area contributed by atoms with E-state index in [0.29, 0.717) is 23.2 Å². The molecule has 144 valence electrons. The minimum atomic E-state index is -0.268. The fourth-order valence-corrected chi connectivity index (χ4v) is 3.46. The van der Waals surface area contributed by atoms with E-state index in [9.17, 15) is 4.79 Å². The molecule has 1 aromatic heterocycles. The summed E-state index contributed by atoms with van der Waals surface area (Å²) < 4.78 is 16.6. The topological polar surface area (TPSA) is 82.6 Å². The lowest BCUT2D eigenvalue weighted by atomic mass is 10.2. The van der Waals surface area contributed by atoms with Crippen LogP contribution >= 0.6 is 11.3 Å². The molecule has 3 rings (SSSR count). The van der Waals surface area contributed by atoms with Crippen LogP contribution in [0, 0.1) is 0 Å². The second kappa shape index (κ2) is 9.48. The number of anilines is 1. The van der Waals surface area contributed by atoms with E-state index in [2.05, 4.69) is 15.5 Å². The van der Waals surface area contributed by atoms with Crippen molar-refractivity contribution in [3.63, 3.8) is 0 Å². The first-order valence-electron chi connectivity index (χ1n) is 8.94. The van der Waals surface area contributed by atoms with E-state index in [4.69, 9.17) is 14.2 Å². The maximum absolute atomic E-state index is 12.1. The van der Waals surface area contributed by atoms with E-state index < -0.39 is 0 Å². The van der Waals surface area contributed by atoms with Crippen LogP contribution < -0.4 is 14.8 Å².